The molecule has 0 fully saturated rings. The molecule has 4 heteroatoms. The molecule has 0 bridgehead atoms. The molecule has 0 saturated heterocycles. The van der Waals surface area contributed by atoms with Crippen molar-refractivity contribution in [2.24, 2.45) is 7.05 Å². The molecule has 0 aromatic carbocycles. The van der Waals surface area contributed by atoms with Gasteiger partial charge in [-0.3, -0.25) is 14.4 Å². The molecule has 4 nitrogen and oxygen atoms in total. The fourth-order valence-corrected chi connectivity index (χ4v) is 2.32. The lowest BCUT2D eigenvalue weighted by Gasteiger charge is -2.38. The topological polar surface area (TPSA) is 38.1 Å². The van der Waals surface area contributed by atoms with Crippen LogP contribution in [0.5, 0.6) is 0 Å². The largest absolute Gasteiger partial charge is 0.291 e. The van der Waals surface area contributed by atoms with Gasteiger partial charge in [-0.25, -0.2) is 0 Å². The molecule has 0 aliphatic carbocycles. The predicted molar refractivity (Wildman–Crippen MR) is 69.2 cm³/mol. The van der Waals surface area contributed by atoms with E-state index in [1.165, 1.54) is 0 Å². The monoisotopic (exact) mass is 237 g/mol. The molecule has 0 spiro atoms. The van der Waals surface area contributed by atoms with Crippen LogP contribution in [0.25, 0.3) is 0 Å². The summed E-state index contributed by atoms with van der Waals surface area (Å²) in [4.78, 5) is 14.8. The first-order valence-electron chi connectivity index (χ1n) is 6.29. The van der Waals surface area contributed by atoms with Crippen molar-refractivity contribution >= 4 is 5.78 Å². The molecule has 17 heavy (non-hydrogen) atoms. The van der Waals surface area contributed by atoms with E-state index in [0.717, 1.165) is 19.5 Å². The number of nitrogens with zero attached hydrogens (tertiary/aromatic N) is 3. The summed E-state index contributed by atoms with van der Waals surface area (Å²) in [5, 5.41) is 4.07. The van der Waals surface area contributed by atoms with Gasteiger partial charge >= 0.3 is 0 Å². The molecule has 1 unspecified atom stereocenters. The zero-order chi connectivity index (χ0) is 13.1. The zero-order valence-corrected chi connectivity index (χ0v) is 11.5. The first kappa shape index (κ1) is 13.9. The third-order valence-electron chi connectivity index (χ3n) is 3.69. The Morgan fingerprint density at radius 1 is 1.41 bits per heavy atom. The maximum absolute atomic E-state index is 12.6. The summed E-state index contributed by atoms with van der Waals surface area (Å²) < 4.78 is 1.65. The van der Waals surface area contributed by atoms with Crippen LogP contribution in [0.4, 0.5) is 0 Å². The first-order chi connectivity index (χ1) is 8.01. The Kier molecular flexibility index (Phi) is 4.46. The van der Waals surface area contributed by atoms with Crippen molar-refractivity contribution in [3.8, 4) is 0 Å². The van der Waals surface area contributed by atoms with E-state index >= 15 is 0 Å². The number of carbonyl (C=O) groups is 1. The molecule has 96 valence electrons. The fourth-order valence-electron chi connectivity index (χ4n) is 2.32. The van der Waals surface area contributed by atoms with Crippen LogP contribution in [0, 0.1) is 0 Å². The van der Waals surface area contributed by atoms with Crippen LogP contribution in [0.1, 0.15) is 44.6 Å². The summed E-state index contributed by atoms with van der Waals surface area (Å²) in [5.74, 6) is 0.156. The second kappa shape index (κ2) is 5.45. The maximum atomic E-state index is 12.6. The van der Waals surface area contributed by atoms with E-state index in [-0.39, 0.29) is 5.78 Å². The van der Waals surface area contributed by atoms with Crippen LogP contribution in [0.15, 0.2) is 12.3 Å². The Labute approximate surface area is 104 Å². The summed E-state index contributed by atoms with van der Waals surface area (Å²) >= 11 is 0. The van der Waals surface area contributed by atoms with Gasteiger partial charge in [-0.15, -0.1) is 0 Å². The van der Waals surface area contributed by atoms with Crippen molar-refractivity contribution in [2.75, 3.05) is 13.1 Å². The normalized spacial score (nSPS) is 14.9. The lowest BCUT2D eigenvalue weighted by Crippen LogP contribution is -2.52. The predicted octanol–water partition coefficient (Wildman–Crippen LogP) is 2.11. The number of carbonyl (C=O) groups excluding carboxylic acids is 1. The average Bonchev–Trinajstić information content (AvgIpc) is 2.75. The molecule has 0 amide bonds. The third-order valence-corrected chi connectivity index (χ3v) is 3.69. The molecule has 0 saturated carbocycles. The molecule has 0 radical (unpaired) electrons. The second-order valence-electron chi connectivity index (χ2n) is 4.47. The molecule has 1 aromatic rings. The highest BCUT2D eigenvalue weighted by Gasteiger charge is 2.37. The quantitative estimate of drug-likeness (QED) is 0.711. The van der Waals surface area contributed by atoms with Crippen molar-refractivity contribution in [2.45, 2.75) is 39.7 Å². The molecule has 0 N–H and O–H groups in total. The second-order valence-corrected chi connectivity index (χ2v) is 4.47. The summed E-state index contributed by atoms with van der Waals surface area (Å²) in [6.07, 6.45) is 2.48. The number of aromatic nitrogens is 2. The summed E-state index contributed by atoms with van der Waals surface area (Å²) in [5.41, 5.74) is 0.248. The number of aryl methyl sites for hydroxylation is 1. The molecular formula is C13H23N3O. The van der Waals surface area contributed by atoms with Crippen LogP contribution in [0.3, 0.4) is 0 Å². The van der Waals surface area contributed by atoms with Crippen molar-refractivity contribution in [3.63, 3.8) is 0 Å². The molecule has 1 atom stereocenters. The fraction of sp³-hybridized carbons (Fsp3) is 0.692. The first-order valence-corrected chi connectivity index (χ1v) is 6.29. The van der Waals surface area contributed by atoms with E-state index in [1.54, 1.807) is 16.9 Å². The summed E-state index contributed by atoms with van der Waals surface area (Å²) in [6, 6.07) is 1.79. The Morgan fingerprint density at radius 2 is 2.00 bits per heavy atom. The van der Waals surface area contributed by atoms with Gasteiger partial charge in [-0.1, -0.05) is 20.8 Å². The number of hydrogen-bond donors (Lipinski definition) is 0. The van der Waals surface area contributed by atoms with Gasteiger partial charge < -0.3 is 0 Å². The number of rotatable bonds is 6. The highest BCUT2D eigenvalue weighted by atomic mass is 16.1. The van der Waals surface area contributed by atoms with Gasteiger partial charge in [0.05, 0.1) is 5.54 Å². The van der Waals surface area contributed by atoms with Gasteiger partial charge in [0.2, 0.25) is 5.78 Å². The molecule has 0 aliphatic rings. The van der Waals surface area contributed by atoms with Crippen LogP contribution in [-0.4, -0.2) is 39.1 Å². The Hall–Kier alpha value is -1.16. The van der Waals surface area contributed by atoms with Crippen LogP contribution in [0.2, 0.25) is 0 Å². The molecule has 1 aromatic heterocycles. The molecule has 1 heterocycles. The van der Waals surface area contributed by atoms with Crippen LogP contribution >= 0.6 is 0 Å². The van der Waals surface area contributed by atoms with Crippen LogP contribution < -0.4 is 0 Å². The Morgan fingerprint density at radius 3 is 2.35 bits per heavy atom. The molecule has 0 aliphatic heterocycles. The van der Waals surface area contributed by atoms with Crippen molar-refractivity contribution in [1.82, 2.24) is 14.7 Å². The molecular weight excluding hydrogens is 214 g/mol. The minimum atomic E-state index is -0.433. The van der Waals surface area contributed by atoms with Crippen molar-refractivity contribution < 1.29 is 4.79 Å². The van der Waals surface area contributed by atoms with Crippen molar-refractivity contribution in [1.29, 1.82) is 0 Å². The summed E-state index contributed by atoms with van der Waals surface area (Å²) in [7, 11) is 1.81. The lowest BCUT2D eigenvalue weighted by atomic mass is 9.89. The standard InChI is InChI=1S/C13H23N3O/c1-6-13(4,16(7-2)8-3)12(17)11-9-10-14-15(11)5/h9-10H,6-8H2,1-5H3. The van der Waals surface area contributed by atoms with Gasteiger partial charge in [-0.05, 0) is 32.5 Å². The van der Waals surface area contributed by atoms with Gasteiger partial charge in [0.1, 0.15) is 5.69 Å². The zero-order valence-electron chi connectivity index (χ0n) is 11.5. The van der Waals surface area contributed by atoms with E-state index in [9.17, 15) is 4.79 Å². The van der Waals surface area contributed by atoms with E-state index < -0.39 is 5.54 Å². The van der Waals surface area contributed by atoms with Gasteiger partial charge in [-0.2, -0.15) is 5.10 Å². The number of hydrogen-bond acceptors (Lipinski definition) is 3. The Balaban J connectivity index is 3.09. The minimum Gasteiger partial charge on any atom is -0.291 e. The number of likely N-dealkylation sites (N-methyl/N-ethyl adjacent to an activating group) is 1. The maximum Gasteiger partial charge on any atom is 0.200 e. The van der Waals surface area contributed by atoms with Crippen LogP contribution in [-0.2, 0) is 7.05 Å². The van der Waals surface area contributed by atoms with E-state index in [4.69, 9.17) is 0 Å². The van der Waals surface area contributed by atoms with E-state index in [2.05, 4.69) is 30.8 Å². The molecule has 1 rings (SSSR count). The number of ketones is 1. The SMILES string of the molecule is CCN(CC)C(C)(CC)C(=O)c1ccnn1C. The Bertz CT molecular complexity index is 382. The number of Topliss-reactive ketones (excluding diaryl/α,β-unsaturated/α-hetero) is 1. The minimum absolute atomic E-state index is 0.156. The van der Waals surface area contributed by atoms with Gasteiger partial charge in [0, 0.05) is 13.2 Å². The van der Waals surface area contributed by atoms with E-state index in [1.807, 2.05) is 14.0 Å². The van der Waals surface area contributed by atoms with E-state index in [0.29, 0.717) is 5.69 Å². The van der Waals surface area contributed by atoms with Gasteiger partial charge in [0.15, 0.2) is 0 Å². The third kappa shape index (κ3) is 2.41. The van der Waals surface area contributed by atoms with Gasteiger partial charge in [0.25, 0.3) is 0 Å². The summed E-state index contributed by atoms with van der Waals surface area (Å²) in [6.45, 7) is 10.0. The smallest absolute Gasteiger partial charge is 0.200 e. The highest BCUT2D eigenvalue weighted by molar-refractivity contribution is 6.01. The average molecular weight is 237 g/mol. The van der Waals surface area contributed by atoms with Crippen molar-refractivity contribution in [3.05, 3.63) is 18.0 Å². The highest BCUT2D eigenvalue weighted by Crippen LogP contribution is 2.24. The lowest BCUT2D eigenvalue weighted by molar-refractivity contribution is 0.0597.